The molecule has 0 aliphatic heterocycles. The maximum atomic E-state index is 13.1. The molecule has 0 radical (unpaired) electrons. The number of nitrogens with two attached hydrogens (primary N) is 1. The van der Waals surface area contributed by atoms with Gasteiger partial charge in [0.15, 0.2) is 0 Å². The highest BCUT2D eigenvalue weighted by atomic mass is 32.2. The van der Waals surface area contributed by atoms with Gasteiger partial charge in [-0.25, -0.2) is 18.5 Å². The maximum Gasteiger partial charge on any atom is 0.417 e. The molecule has 0 aliphatic rings. The molecule has 0 amide bonds. The standard InChI is InChI=1S/C13H11F3N4O3S/c14-13(15,16)8-4-9-10(5-11(8)24(17,21)22)20-12(19-9)18-6-7-2-1-3-23-7/h1-5H,6H2,(H2,17,21,22)(H2,18,19,20). The Morgan fingerprint density at radius 1 is 1.33 bits per heavy atom. The fraction of sp³-hybridized carbons (Fsp3) is 0.154. The lowest BCUT2D eigenvalue weighted by molar-refractivity contribution is -0.139. The van der Waals surface area contributed by atoms with E-state index in [-0.39, 0.29) is 23.5 Å². The smallest absolute Gasteiger partial charge is 0.417 e. The Hall–Kier alpha value is -2.53. The summed E-state index contributed by atoms with van der Waals surface area (Å²) >= 11 is 0. The molecule has 4 N–H and O–H groups in total. The third-order valence-electron chi connectivity index (χ3n) is 3.21. The average molecular weight is 360 g/mol. The van der Waals surface area contributed by atoms with E-state index in [9.17, 15) is 21.6 Å². The highest BCUT2D eigenvalue weighted by Crippen LogP contribution is 2.36. The van der Waals surface area contributed by atoms with E-state index in [1.54, 1.807) is 12.1 Å². The lowest BCUT2D eigenvalue weighted by Gasteiger charge is -2.11. The van der Waals surface area contributed by atoms with Crippen molar-refractivity contribution in [2.45, 2.75) is 17.6 Å². The van der Waals surface area contributed by atoms with Crippen LogP contribution in [0.25, 0.3) is 11.0 Å². The molecule has 128 valence electrons. The van der Waals surface area contributed by atoms with Crippen LogP contribution in [-0.2, 0) is 22.7 Å². The van der Waals surface area contributed by atoms with Crippen LogP contribution in [0.15, 0.2) is 39.8 Å². The molecule has 24 heavy (non-hydrogen) atoms. The Kier molecular flexibility index (Phi) is 3.76. The summed E-state index contributed by atoms with van der Waals surface area (Å²) < 4.78 is 67.2. The Bertz CT molecular complexity index is 978. The van der Waals surface area contributed by atoms with E-state index in [1.165, 1.54) is 6.26 Å². The number of aromatic amines is 1. The zero-order chi connectivity index (χ0) is 17.5. The summed E-state index contributed by atoms with van der Waals surface area (Å²) in [7, 11) is -4.55. The largest absolute Gasteiger partial charge is 0.467 e. The van der Waals surface area contributed by atoms with Gasteiger partial charge in [0.25, 0.3) is 0 Å². The zero-order valence-corrected chi connectivity index (χ0v) is 12.7. The number of alkyl halides is 3. The summed E-state index contributed by atoms with van der Waals surface area (Å²) in [6, 6.07) is 4.85. The Balaban J connectivity index is 2.03. The number of imidazole rings is 1. The van der Waals surface area contributed by atoms with Crippen molar-refractivity contribution in [1.29, 1.82) is 0 Å². The van der Waals surface area contributed by atoms with Crippen LogP contribution in [0.3, 0.4) is 0 Å². The monoisotopic (exact) mass is 360 g/mol. The van der Waals surface area contributed by atoms with Gasteiger partial charge in [-0.15, -0.1) is 0 Å². The number of H-pyrrole nitrogens is 1. The normalized spacial score (nSPS) is 12.7. The van der Waals surface area contributed by atoms with Crippen molar-refractivity contribution in [3.05, 3.63) is 41.9 Å². The van der Waals surface area contributed by atoms with Gasteiger partial charge in [0.1, 0.15) is 5.76 Å². The SMILES string of the molecule is NS(=O)(=O)c1cc2[nH]c(NCc3ccco3)nc2cc1C(F)(F)F. The van der Waals surface area contributed by atoms with E-state index in [0.29, 0.717) is 11.8 Å². The first-order valence-electron chi connectivity index (χ1n) is 6.54. The van der Waals surface area contributed by atoms with Gasteiger partial charge < -0.3 is 14.7 Å². The summed E-state index contributed by atoms with van der Waals surface area (Å²) in [5.41, 5.74) is -1.30. The molecule has 0 atom stereocenters. The van der Waals surface area contributed by atoms with Gasteiger partial charge >= 0.3 is 6.18 Å². The summed E-state index contributed by atoms with van der Waals surface area (Å²) in [5.74, 6) is 0.762. The molecule has 2 aromatic heterocycles. The second-order valence-corrected chi connectivity index (χ2v) is 6.46. The quantitative estimate of drug-likeness (QED) is 0.661. The summed E-state index contributed by atoms with van der Waals surface area (Å²) in [6.07, 6.45) is -3.40. The predicted molar refractivity (Wildman–Crippen MR) is 78.5 cm³/mol. The molecule has 7 nitrogen and oxygen atoms in total. The van der Waals surface area contributed by atoms with Crippen molar-refractivity contribution in [2.75, 3.05) is 5.32 Å². The van der Waals surface area contributed by atoms with E-state index in [2.05, 4.69) is 15.3 Å². The number of hydrogen-bond acceptors (Lipinski definition) is 5. The van der Waals surface area contributed by atoms with Gasteiger partial charge in [0.2, 0.25) is 16.0 Å². The minimum atomic E-state index is -4.88. The molecular formula is C13H11F3N4O3S. The number of anilines is 1. The van der Waals surface area contributed by atoms with Gasteiger partial charge in [0, 0.05) is 0 Å². The number of aromatic nitrogens is 2. The summed E-state index contributed by atoms with van der Waals surface area (Å²) in [6.45, 7) is 0.251. The molecule has 0 aliphatic carbocycles. The third-order valence-corrected chi connectivity index (χ3v) is 4.16. The molecule has 0 unspecified atom stereocenters. The van der Waals surface area contributed by atoms with Crippen molar-refractivity contribution in [3.63, 3.8) is 0 Å². The fourth-order valence-corrected chi connectivity index (χ4v) is 2.92. The molecule has 0 saturated heterocycles. The van der Waals surface area contributed by atoms with Gasteiger partial charge in [-0.3, -0.25) is 0 Å². The third kappa shape index (κ3) is 3.21. The van der Waals surface area contributed by atoms with Crippen LogP contribution < -0.4 is 10.5 Å². The van der Waals surface area contributed by atoms with E-state index in [4.69, 9.17) is 9.56 Å². The van der Waals surface area contributed by atoms with Crippen molar-refractivity contribution >= 4 is 27.0 Å². The minimum absolute atomic E-state index is 0.0448. The van der Waals surface area contributed by atoms with E-state index < -0.39 is 26.7 Å². The summed E-state index contributed by atoms with van der Waals surface area (Å²) in [4.78, 5) is 5.65. The number of sulfonamides is 1. The van der Waals surface area contributed by atoms with Gasteiger partial charge in [0.05, 0.1) is 34.3 Å². The second-order valence-electron chi connectivity index (χ2n) is 4.93. The number of halogens is 3. The number of hydrogen-bond donors (Lipinski definition) is 3. The minimum Gasteiger partial charge on any atom is -0.467 e. The zero-order valence-electron chi connectivity index (χ0n) is 11.9. The van der Waals surface area contributed by atoms with Gasteiger partial charge in [-0.1, -0.05) is 0 Å². The predicted octanol–water partition coefficient (Wildman–Crippen LogP) is 2.43. The number of fused-ring (bicyclic) bond motifs is 1. The van der Waals surface area contributed by atoms with E-state index in [1.807, 2.05) is 0 Å². The van der Waals surface area contributed by atoms with Crippen molar-refractivity contribution in [2.24, 2.45) is 5.14 Å². The summed E-state index contributed by atoms with van der Waals surface area (Å²) in [5, 5.41) is 7.72. The molecular weight excluding hydrogens is 349 g/mol. The van der Waals surface area contributed by atoms with Crippen molar-refractivity contribution < 1.29 is 26.0 Å². The average Bonchev–Trinajstić information content (AvgIpc) is 3.10. The number of benzene rings is 1. The lowest BCUT2D eigenvalue weighted by Crippen LogP contribution is -2.19. The van der Waals surface area contributed by atoms with Crippen LogP contribution >= 0.6 is 0 Å². The molecule has 2 heterocycles. The van der Waals surface area contributed by atoms with Crippen LogP contribution in [0.5, 0.6) is 0 Å². The first-order chi connectivity index (χ1) is 11.1. The van der Waals surface area contributed by atoms with Crippen molar-refractivity contribution in [1.82, 2.24) is 9.97 Å². The van der Waals surface area contributed by atoms with Crippen LogP contribution in [0, 0.1) is 0 Å². The highest BCUT2D eigenvalue weighted by molar-refractivity contribution is 7.89. The molecule has 0 fully saturated rings. The van der Waals surface area contributed by atoms with E-state index >= 15 is 0 Å². The van der Waals surface area contributed by atoms with Crippen LogP contribution in [0.2, 0.25) is 0 Å². The molecule has 3 rings (SSSR count). The molecule has 11 heteroatoms. The number of nitrogens with zero attached hydrogens (tertiary/aromatic N) is 1. The molecule has 0 saturated carbocycles. The molecule has 0 spiro atoms. The number of furan rings is 1. The maximum absolute atomic E-state index is 13.1. The Morgan fingerprint density at radius 2 is 2.08 bits per heavy atom. The highest BCUT2D eigenvalue weighted by Gasteiger charge is 2.37. The lowest BCUT2D eigenvalue weighted by atomic mass is 10.2. The second kappa shape index (κ2) is 5.53. The topological polar surface area (TPSA) is 114 Å². The molecule has 0 bridgehead atoms. The van der Waals surface area contributed by atoms with Gasteiger partial charge in [-0.2, -0.15) is 13.2 Å². The van der Waals surface area contributed by atoms with Crippen LogP contribution in [0.1, 0.15) is 11.3 Å². The molecule has 3 aromatic rings. The fourth-order valence-electron chi connectivity index (χ4n) is 2.16. The first-order valence-corrected chi connectivity index (χ1v) is 8.09. The van der Waals surface area contributed by atoms with Crippen LogP contribution in [0.4, 0.5) is 19.1 Å². The number of rotatable bonds is 4. The number of nitrogens with one attached hydrogen (secondary N) is 2. The van der Waals surface area contributed by atoms with E-state index in [0.717, 1.165) is 6.07 Å². The molecule has 1 aromatic carbocycles. The van der Waals surface area contributed by atoms with Crippen LogP contribution in [-0.4, -0.2) is 18.4 Å². The van der Waals surface area contributed by atoms with Crippen molar-refractivity contribution in [3.8, 4) is 0 Å². The Morgan fingerprint density at radius 3 is 2.67 bits per heavy atom. The first kappa shape index (κ1) is 16.3. The number of primary sulfonamides is 1. The van der Waals surface area contributed by atoms with Gasteiger partial charge in [-0.05, 0) is 24.3 Å². The Labute approximate surface area is 133 Å².